The number of aromatic amines is 1. The zero-order valence-electron chi connectivity index (χ0n) is 13.7. The van der Waals surface area contributed by atoms with Gasteiger partial charge >= 0.3 is 0 Å². The molecule has 0 unspecified atom stereocenters. The Morgan fingerprint density at radius 2 is 1.65 bits per heavy atom. The molecule has 0 fully saturated rings. The summed E-state index contributed by atoms with van der Waals surface area (Å²) in [7, 11) is -4.11. The Balaban J connectivity index is 1.83. The quantitative estimate of drug-likeness (QED) is 0.639. The van der Waals surface area contributed by atoms with Crippen molar-refractivity contribution in [3.05, 3.63) is 71.7 Å². The summed E-state index contributed by atoms with van der Waals surface area (Å²) < 4.78 is 40.2. The number of sulfonamides is 1. The largest absolute Gasteiger partial charge is 0.322 e. The lowest BCUT2D eigenvalue weighted by Gasteiger charge is -2.09. The van der Waals surface area contributed by atoms with E-state index in [1.807, 2.05) is 19.1 Å². The van der Waals surface area contributed by atoms with Gasteiger partial charge in [0.15, 0.2) is 5.03 Å². The Labute approximate surface area is 149 Å². The highest BCUT2D eigenvalue weighted by atomic mass is 32.2. The second kappa shape index (κ2) is 6.96. The minimum Gasteiger partial charge on any atom is -0.322 e. The molecule has 3 N–H and O–H groups in total. The maximum absolute atomic E-state index is 12.9. The normalized spacial score (nSPS) is 11.2. The van der Waals surface area contributed by atoms with Crippen LogP contribution in [0.1, 0.15) is 15.9 Å². The van der Waals surface area contributed by atoms with Crippen LogP contribution >= 0.6 is 0 Å². The van der Waals surface area contributed by atoms with Gasteiger partial charge in [-0.1, -0.05) is 17.7 Å². The van der Waals surface area contributed by atoms with E-state index in [-0.39, 0.29) is 16.3 Å². The van der Waals surface area contributed by atoms with Gasteiger partial charge in [0.25, 0.3) is 15.9 Å². The summed E-state index contributed by atoms with van der Waals surface area (Å²) in [6.07, 6.45) is 1.13. The fourth-order valence-corrected chi connectivity index (χ4v) is 3.36. The number of benzene rings is 2. The van der Waals surface area contributed by atoms with Crippen LogP contribution < -0.4 is 10.0 Å². The van der Waals surface area contributed by atoms with E-state index in [1.54, 1.807) is 12.1 Å². The Morgan fingerprint density at radius 3 is 2.31 bits per heavy atom. The molecule has 134 valence electrons. The molecule has 0 aliphatic rings. The highest BCUT2D eigenvalue weighted by molar-refractivity contribution is 7.92. The van der Waals surface area contributed by atoms with Crippen molar-refractivity contribution in [1.82, 2.24) is 10.2 Å². The van der Waals surface area contributed by atoms with Crippen LogP contribution in [0.5, 0.6) is 0 Å². The predicted octanol–water partition coefficient (Wildman–Crippen LogP) is 2.91. The molecule has 3 aromatic rings. The molecule has 0 bridgehead atoms. The first kappa shape index (κ1) is 17.6. The van der Waals surface area contributed by atoms with Crippen LogP contribution in [0, 0.1) is 12.7 Å². The van der Waals surface area contributed by atoms with Crippen LogP contribution in [0.2, 0.25) is 0 Å². The van der Waals surface area contributed by atoms with Crippen molar-refractivity contribution in [2.24, 2.45) is 0 Å². The third kappa shape index (κ3) is 3.89. The number of hydrogen-bond donors (Lipinski definition) is 3. The minimum absolute atomic E-state index is 0.139. The fraction of sp³-hybridized carbons (Fsp3) is 0.0588. The molecular formula is C17H15FN4O3S. The second-order valence-electron chi connectivity index (χ2n) is 5.55. The van der Waals surface area contributed by atoms with E-state index in [0.29, 0.717) is 5.69 Å². The van der Waals surface area contributed by atoms with Gasteiger partial charge in [0.05, 0.1) is 11.8 Å². The number of aromatic nitrogens is 2. The van der Waals surface area contributed by atoms with E-state index in [2.05, 4.69) is 20.2 Å². The van der Waals surface area contributed by atoms with E-state index in [1.165, 1.54) is 12.1 Å². The maximum atomic E-state index is 12.9. The number of amides is 1. The zero-order chi connectivity index (χ0) is 18.7. The van der Waals surface area contributed by atoms with Gasteiger partial charge in [-0.2, -0.15) is 13.5 Å². The molecule has 1 aromatic heterocycles. The lowest BCUT2D eigenvalue weighted by molar-refractivity contribution is 0.102. The summed E-state index contributed by atoms with van der Waals surface area (Å²) in [6, 6.07) is 11.8. The van der Waals surface area contributed by atoms with Crippen molar-refractivity contribution in [3.63, 3.8) is 0 Å². The Kier molecular flexibility index (Phi) is 4.72. The van der Waals surface area contributed by atoms with Crippen molar-refractivity contribution in [2.45, 2.75) is 11.9 Å². The van der Waals surface area contributed by atoms with Crippen LogP contribution in [0.3, 0.4) is 0 Å². The molecule has 0 saturated carbocycles. The first-order valence-corrected chi connectivity index (χ1v) is 9.03. The zero-order valence-corrected chi connectivity index (χ0v) is 14.5. The van der Waals surface area contributed by atoms with Crippen molar-refractivity contribution in [2.75, 3.05) is 10.0 Å². The number of nitrogens with zero attached hydrogens (tertiary/aromatic N) is 1. The highest BCUT2D eigenvalue weighted by Crippen LogP contribution is 2.19. The first-order valence-electron chi connectivity index (χ1n) is 7.55. The first-order chi connectivity index (χ1) is 12.3. The van der Waals surface area contributed by atoms with E-state index < -0.39 is 21.7 Å². The molecular weight excluding hydrogens is 359 g/mol. The van der Waals surface area contributed by atoms with Crippen molar-refractivity contribution in [3.8, 4) is 0 Å². The van der Waals surface area contributed by atoms with E-state index in [9.17, 15) is 17.6 Å². The summed E-state index contributed by atoms with van der Waals surface area (Å²) in [6.45, 7) is 1.91. The topological polar surface area (TPSA) is 104 Å². The number of rotatable bonds is 5. The smallest absolute Gasteiger partial charge is 0.279 e. The molecule has 0 spiro atoms. The van der Waals surface area contributed by atoms with Gasteiger partial charge in [0.1, 0.15) is 5.82 Å². The Morgan fingerprint density at radius 1 is 1.04 bits per heavy atom. The SMILES string of the molecule is Cc1ccc(NC(=O)c2cn[nH]c2S(=O)(=O)Nc2ccc(F)cc2)cc1. The molecule has 7 nitrogen and oxygen atoms in total. The van der Waals surface area contributed by atoms with Gasteiger partial charge in [0, 0.05) is 11.4 Å². The third-order valence-corrected chi connectivity index (χ3v) is 4.88. The summed E-state index contributed by atoms with van der Waals surface area (Å²) in [4.78, 5) is 12.4. The monoisotopic (exact) mass is 374 g/mol. The average molecular weight is 374 g/mol. The molecule has 0 aliphatic heterocycles. The Bertz CT molecular complexity index is 1030. The minimum atomic E-state index is -4.11. The number of H-pyrrole nitrogens is 1. The highest BCUT2D eigenvalue weighted by Gasteiger charge is 2.25. The van der Waals surface area contributed by atoms with E-state index in [4.69, 9.17) is 0 Å². The summed E-state index contributed by atoms with van der Waals surface area (Å²) in [5.41, 5.74) is 1.57. The molecule has 2 aromatic carbocycles. The van der Waals surface area contributed by atoms with Crippen LogP contribution in [0.15, 0.2) is 59.8 Å². The molecule has 1 amide bonds. The van der Waals surface area contributed by atoms with E-state index in [0.717, 1.165) is 23.9 Å². The predicted molar refractivity (Wildman–Crippen MR) is 94.9 cm³/mol. The van der Waals surface area contributed by atoms with Crippen LogP contribution in [-0.4, -0.2) is 24.5 Å². The van der Waals surface area contributed by atoms with Gasteiger partial charge in [-0.25, -0.2) is 4.39 Å². The van der Waals surface area contributed by atoms with Gasteiger partial charge < -0.3 is 5.32 Å². The van der Waals surface area contributed by atoms with Crippen LogP contribution in [-0.2, 0) is 10.0 Å². The Hall–Kier alpha value is -3.20. The molecule has 9 heteroatoms. The van der Waals surface area contributed by atoms with Gasteiger partial charge in [-0.15, -0.1) is 0 Å². The third-order valence-electron chi connectivity index (χ3n) is 3.52. The molecule has 0 atom stereocenters. The van der Waals surface area contributed by atoms with Crippen LogP contribution in [0.4, 0.5) is 15.8 Å². The van der Waals surface area contributed by atoms with Gasteiger partial charge in [-0.3, -0.25) is 14.6 Å². The van der Waals surface area contributed by atoms with E-state index >= 15 is 0 Å². The summed E-state index contributed by atoms with van der Waals surface area (Å²) in [5, 5.41) is 8.21. The lowest BCUT2D eigenvalue weighted by Crippen LogP contribution is -2.19. The van der Waals surface area contributed by atoms with Crippen molar-refractivity contribution < 1.29 is 17.6 Å². The molecule has 0 saturated heterocycles. The fourth-order valence-electron chi connectivity index (χ4n) is 2.20. The number of carbonyl (C=O) groups is 1. The number of carbonyl (C=O) groups excluding carboxylic acids is 1. The number of aryl methyl sites for hydroxylation is 1. The summed E-state index contributed by atoms with van der Waals surface area (Å²) >= 11 is 0. The number of halogens is 1. The van der Waals surface area contributed by atoms with Crippen LogP contribution in [0.25, 0.3) is 0 Å². The molecule has 0 aliphatic carbocycles. The standard InChI is InChI=1S/C17H15FN4O3S/c1-11-2-6-13(7-3-11)20-16(23)15-10-19-21-17(15)26(24,25)22-14-8-4-12(18)5-9-14/h2-10,22H,1H3,(H,19,21)(H,20,23). The second-order valence-corrected chi connectivity index (χ2v) is 7.16. The van der Waals surface area contributed by atoms with Crippen molar-refractivity contribution >= 4 is 27.3 Å². The van der Waals surface area contributed by atoms with Gasteiger partial charge in [0.2, 0.25) is 0 Å². The number of nitrogens with one attached hydrogen (secondary N) is 3. The lowest BCUT2D eigenvalue weighted by atomic mass is 10.2. The van der Waals surface area contributed by atoms with Crippen molar-refractivity contribution in [1.29, 1.82) is 0 Å². The number of hydrogen-bond acceptors (Lipinski definition) is 4. The molecule has 26 heavy (non-hydrogen) atoms. The summed E-state index contributed by atoms with van der Waals surface area (Å²) in [5.74, 6) is -1.12. The molecule has 0 radical (unpaired) electrons. The number of anilines is 2. The average Bonchev–Trinajstić information content (AvgIpc) is 3.10. The maximum Gasteiger partial charge on any atom is 0.279 e. The molecule has 1 heterocycles. The van der Waals surface area contributed by atoms with Gasteiger partial charge in [-0.05, 0) is 43.3 Å². The molecule has 3 rings (SSSR count).